The SMILES string of the molecule is CC1(C)CCC(=O)[C@@]2(C#N)C(C(=O)[Si](C)(C)C)=CC[C@@H]12. The van der Waals surface area contributed by atoms with E-state index < -0.39 is 13.5 Å². The third-order valence-electron chi connectivity index (χ3n) is 4.99. The molecule has 4 heteroatoms. The summed E-state index contributed by atoms with van der Waals surface area (Å²) in [6.07, 6.45) is 3.78. The van der Waals surface area contributed by atoms with Crippen LogP contribution in [-0.4, -0.2) is 19.3 Å². The van der Waals surface area contributed by atoms with Crippen molar-refractivity contribution in [3.63, 3.8) is 0 Å². The van der Waals surface area contributed by atoms with Crippen molar-refractivity contribution in [2.75, 3.05) is 0 Å². The summed E-state index contributed by atoms with van der Waals surface area (Å²) >= 11 is 0. The lowest BCUT2D eigenvalue weighted by atomic mass is 9.55. The third-order valence-corrected chi connectivity index (χ3v) is 6.62. The van der Waals surface area contributed by atoms with Crippen LogP contribution in [0.2, 0.25) is 19.6 Å². The van der Waals surface area contributed by atoms with Crippen molar-refractivity contribution in [1.29, 1.82) is 5.26 Å². The first kappa shape index (κ1) is 15.2. The summed E-state index contributed by atoms with van der Waals surface area (Å²) < 4.78 is 0. The Balaban J connectivity index is 2.56. The van der Waals surface area contributed by atoms with Crippen LogP contribution in [0.4, 0.5) is 0 Å². The van der Waals surface area contributed by atoms with E-state index in [4.69, 9.17) is 0 Å². The third kappa shape index (κ3) is 1.91. The molecule has 2 rings (SSSR count). The summed E-state index contributed by atoms with van der Waals surface area (Å²) in [5.74, 6) is -0.0868. The fourth-order valence-electron chi connectivity index (χ4n) is 3.69. The normalized spacial score (nSPS) is 32.3. The average molecular weight is 289 g/mol. The van der Waals surface area contributed by atoms with Gasteiger partial charge in [-0.15, -0.1) is 0 Å². The Labute approximate surface area is 122 Å². The topological polar surface area (TPSA) is 57.9 Å². The molecule has 0 aromatic carbocycles. The second kappa shape index (κ2) is 4.39. The number of ketones is 1. The van der Waals surface area contributed by atoms with Gasteiger partial charge in [0, 0.05) is 12.0 Å². The molecule has 0 radical (unpaired) electrons. The van der Waals surface area contributed by atoms with E-state index in [1.807, 2.05) is 25.7 Å². The van der Waals surface area contributed by atoms with Gasteiger partial charge < -0.3 is 4.79 Å². The maximum Gasteiger partial charge on any atom is 0.157 e. The molecular formula is C16H23NO2Si. The molecule has 0 amide bonds. The summed E-state index contributed by atoms with van der Waals surface area (Å²) in [5, 5.41) is 9.87. The van der Waals surface area contributed by atoms with Crippen molar-refractivity contribution in [1.82, 2.24) is 0 Å². The molecule has 0 heterocycles. The molecule has 2 aliphatic rings. The van der Waals surface area contributed by atoms with Crippen LogP contribution in [0.15, 0.2) is 11.6 Å². The first-order valence-corrected chi connectivity index (χ1v) is 10.8. The highest BCUT2D eigenvalue weighted by Crippen LogP contribution is 2.58. The van der Waals surface area contributed by atoms with Gasteiger partial charge in [0.05, 0.1) is 6.07 Å². The molecule has 0 bridgehead atoms. The molecule has 0 spiro atoms. The van der Waals surface area contributed by atoms with Gasteiger partial charge in [-0.1, -0.05) is 39.6 Å². The Morgan fingerprint density at radius 3 is 2.50 bits per heavy atom. The van der Waals surface area contributed by atoms with Gasteiger partial charge in [-0.2, -0.15) is 5.26 Å². The van der Waals surface area contributed by atoms with Gasteiger partial charge in [0.2, 0.25) is 0 Å². The first-order chi connectivity index (χ1) is 9.07. The van der Waals surface area contributed by atoms with E-state index in [2.05, 4.69) is 19.9 Å². The number of rotatable bonds is 2. The van der Waals surface area contributed by atoms with E-state index in [0.29, 0.717) is 18.4 Å². The van der Waals surface area contributed by atoms with E-state index in [9.17, 15) is 14.9 Å². The molecule has 0 N–H and O–H groups in total. The summed E-state index contributed by atoms with van der Waals surface area (Å²) in [5.41, 5.74) is -0.720. The monoisotopic (exact) mass is 289 g/mol. The lowest BCUT2D eigenvalue weighted by Gasteiger charge is -2.45. The van der Waals surface area contributed by atoms with Crippen LogP contribution in [0.5, 0.6) is 0 Å². The van der Waals surface area contributed by atoms with Crippen LogP contribution >= 0.6 is 0 Å². The molecule has 0 unspecified atom stereocenters. The largest absolute Gasteiger partial charge is 0.300 e. The first-order valence-electron chi connectivity index (χ1n) is 7.27. The number of nitrogens with zero attached hydrogens (tertiary/aromatic N) is 1. The number of nitriles is 1. The van der Waals surface area contributed by atoms with Gasteiger partial charge in [-0.25, -0.2) is 0 Å². The minimum Gasteiger partial charge on any atom is -0.300 e. The van der Waals surface area contributed by atoms with E-state index in [1.165, 1.54) is 0 Å². The van der Waals surface area contributed by atoms with E-state index in [0.717, 1.165) is 6.42 Å². The van der Waals surface area contributed by atoms with E-state index in [-0.39, 0.29) is 22.5 Å². The summed E-state index contributed by atoms with van der Waals surface area (Å²) in [4.78, 5) is 25.3. The molecule has 0 aliphatic heterocycles. The molecule has 20 heavy (non-hydrogen) atoms. The molecule has 1 saturated carbocycles. The number of allylic oxidation sites excluding steroid dienone is 2. The predicted molar refractivity (Wildman–Crippen MR) is 80.6 cm³/mol. The quantitative estimate of drug-likeness (QED) is 0.733. The molecule has 3 nitrogen and oxygen atoms in total. The number of carbonyl (C=O) groups is 2. The second-order valence-corrected chi connectivity index (χ2v) is 12.8. The summed E-state index contributed by atoms with van der Waals surface area (Å²) in [7, 11) is -2.05. The molecular weight excluding hydrogens is 266 g/mol. The highest BCUT2D eigenvalue weighted by Gasteiger charge is 2.61. The Hall–Kier alpha value is -1.21. The molecule has 2 aliphatic carbocycles. The molecule has 108 valence electrons. The van der Waals surface area contributed by atoms with Gasteiger partial charge in [-0.3, -0.25) is 4.79 Å². The predicted octanol–water partition coefficient (Wildman–Crippen LogP) is 3.28. The standard InChI is InChI=1S/C16H23NO2Si/c1-15(2)9-8-13(18)16(10-17)11(6-7-12(15)16)14(19)20(3,4)5/h6,12H,7-9H2,1-5H3/t12-,16-/m0/s1. The van der Waals surface area contributed by atoms with Crippen molar-refractivity contribution in [2.45, 2.75) is 52.8 Å². The van der Waals surface area contributed by atoms with Crippen molar-refractivity contribution in [3.05, 3.63) is 11.6 Å². The molecule has 1 fully saturated rings. The zero-order valence-electron chi connectivity index (χ0n) is 13.0. The summed E-state index contributed by atoms with van der Waals surface area (Å²) in [6, 6.07) is 2.27. The maximum atomic E-state index is 12.7. The summed E-state index contributed by atoms with van der Waals surface area (Å²) in [6.45, 7) is 10.2. The van der Waals surface area contributed by atoms with Gasteiger partial charge in [0.15, 0.2) is 5.78 Å². The second-order valence-electron chi connectivity index (χ2n) is 7.82. The Kier molecular flexibility index (Phi) is 3.33. The minimum absolute atomic E-state index is 0.0420. The van der Waals surface area contributed by atoms with Crippen molar-refractivity contribution in [3.8, 4) is 6.07 Å². The van der Waals surface area contributed by atoms with Crippen LogP contribution in [0.3, 0.4) is 0 Å². The Morgan fingerprint density at radius 1 is 1.40 bits per heavy atom. The van der Waals surface area contributed by atoms with Crippen LogP contribution in [0.25, 0.3) is 0 Å². The van der Waals surface area contributed by atoms with Crippen LogP contribution in [-0.2, 0) is 9.59 Å². The van der Waals surface area contributed by atoms with Gasteiger partial charge >= 0.3 is 0 Å². The van der Waals surface area contributed by atoms with Crippen LogP contribution < -0.4 is 0 Å². The Morgan fingerprint density at radius 2 is 2.00 bits per heavy atom. The number of fused-ring (bicyclic) bond motifs is 1. The highest BCUT2D eigenvalue weighted by atomic mass is 28.3. The Bertz CT molecular complexity index is 548. The van der Waals surface area contributed by atoms with E-state index in [1.54, 1.807) is 0 Å². The number of hydrogen-bond acceptors (Lipinski definition) is 3. The maximum absolute atomic E-state index is 12.7. The van der Waals surface area contributed by atoms with Gasteiger partial charge in [-0.05, 0) is 24.2 Å². The van der Waals surface area contributed by atoms with E-state index >= 15 is 0 Å². The number of carbonyl (C=O) groups excluding carboxylic acids is 2. The van der Waals surface area contributed by atoms with Crippen molar-refractivity contribution in [2.24, 2.45) is 16.7 Å². The fraction of sp³-hybridized carbons (Fsp3) is 0.688. The zero-order valence-corrected chi connectivity index (χ0v) is 14.0. The average Bonchev–Trinajstić information content (AvgIpc) is 2.74. The van der Waals surface area contributed by atoms with Gasteiger partial charge in [0.1, 0.15) is 18.9 Å². The lowest BCUT2D eigenvalue weighted by molar-refractivity contribution is -0.134. The lowest BCUT2D eigenvalue weighted by Crippen LogP contribution is -2.51. The molecule has 0 saturated heterocycles. The van der Waals surface area contributed by atoms with Gasteiger partial charge in [0.25, 0.3) is 0 Å². The fourth-order valence-corrected chi connectivity index (χ4v) is 4.80. The van der Waals surface area contributed by atoms with Crippen LogP contribution in [0.1, 0.15) is 33.1 Å². The van der Waals surface area contributed by atoms with Crippen molar-refractivity contribution >= 4 is 19.3 Å². The molecule has 0 aromatic heterocycles. The van der Waals surface area contributed by atoms with Crippen molar-refractivity contribution < 1.29 is 9.59 Å². The smallest absolute Gasteiger partial charge is 0.157 e. The highest BCUT2D eigenvalue weighted by molar-refractivity contribution is 7.05. The minimum atomic E-state index is -2.05. The zero-order chi connectivity index (χ0) is 15.3. The number of Topliss-reactive ketones (excluding diaryl/α,β-unsaturated/α-hetero) is 1. The number of hydrogen-bond donors (Lipinski definition) is 0. The molecule has 0 aromatic rings. The van der Waals surface area contributed by atoms with Crippen LogP contribution in [0, 0.1) is 28.1 Å². The molecule has 2 atom stereocenters.